The van der Waals surface area contributed by atoms with Gasteiger partial charge in [0, 0.05) is 41.7 Å². The number of hydrogen-bond acceptors (Lipinski definition) is 11. The highest BCUT2D eigenvalue weighted by Crippen LogP contribution is 2.32. The average molecular weight is 660 g/mol. The first-order valence-corrected chi connectivity index (χ1v) is 15.3. The van der Waals surface area contributed by atoms with E-state index in [0.717, 1.165) is 42.1 Å². The van der Waals surface area contributed by atoms with E-state index in [2.05, 4.69) is 41.4 Å². The lowest BCUT2D eigenvalue weighted by molar-refractivity contribution is 0.112. The normalized spacial score (nSPS) is 14.0. The molecule has 13 nitrogen and oxygen atoms in total. The van der Waals surface area contributed by atoms with E-state index in [4.69, 9.17) is 23.2 Å². The second-order valence-electron chi connectivity index (χ2n) is 11.0. The zero-order chi connectivity index (χ0) is 31.8. The first-order chi connectivity index (χ1) is 22.3. The van der Waals surface area contributed by atoms with Crippen LogP contribution in [0.15, 0.2) is 67.0 Å². The molecule has 0 radical (unpaired) electrons. The zero-order valence-corrected chi connectivity index (χ0v) is 25.7. The van der Waals surface area contributed by atoms with Gasteiger partial charge in [0.1, 0.15) is 34.8 Å². The molecule has 4 heterocycles. The lowest BCUT2D eigenvalue weighted by Crippen LogP contribution is -2.09. The summed E-state index contributed by atoms with van der Waals surface area (Å²) in [6.45, 7) is 0. The fourth-order valence-electron chi connectivity index (χ4n) is 4.65. The van der Waals surface area contributed by atoms with Gasteiger partial charge in [0.15, 0.2) is 17.6 Å². The van der Waals surface area contributed by atoms with E-state index in [1.54, 1.807) is 45.6 Å². The van der Waals surface area contributed by atoms with Crippen molar-refractivity contribution in [3.05, 3.63) is 82.6 Å². The fourth-order valence-corrected chi connectivity index (χ4v) is 5.01. The van der Waals surface area contributed by atoms with Crippen molar-refractivity contribution >= 4 is 75.4 Å². The summed E-state index contributed by atoms with van der Waals surface area (Å²) >= 11 is 11.9. The van der Waals surface area contributed by atoms with E-state index in [1.165, 1.54) is 25.1 Å². The highest BCUT2D eigenvalue weighted by atomic mass is 35.5. The Morgan fingerprint density at radius 1 is 0.739 bits per heavy atom. The number of phenolic OH excluding ortho intramolecular Hbond substituents is 2. The summed E-state index contributed by atoms with van der Waals surface area (Å²) < 4.78 is 3.41. The van der Waals surface area contributed by atoms with Crippen molar-refractivity contribution in [3.8, 4) is 11.5 Å². The van der Waals surface area contributed by atoms with Crippen LogP contribution in [0.3, 0.4) is 0 Å². The molecule has 6 aromatic rings. The number of carbonyl (C=O) groups is 1. The van der Waals surface area contributed by atoms with Crippen LogP contribution in [0.5, 0.6) is 11.5 Å². The number of aldehydes is 1. The number of rotatable bonds is 9. The van der Waals surface area contributed by atoms with Crippen LogP contribution in [-0.2, 0) is 0 Å². The molecule has 0 amide bonds. The summed E-state index contributed by atoms with van der Waals surface area (Å²) in [4.78, 5) is 20.2. The monoisotopic (exact) mass is 658 g/mol. The largest absolute Gasteiger partial charge is 0.506 e. The van der Waals surface area contributed by atoms with Crippen LogP contribution in [0.25, 0.3) is 11.3 Å². The van der Waals surface area contributed by atoms with Crippen molar-refractivity contribution in [2.75, 3.05) is 21.3 Å². The van der Waals surface area contributed by atoms with Gasteiger partial charge in [0.2, 0.25) is 0 Å². The summed E-state index contributed by atoms with van der Waals surface area (Å²) in [5.74, 6) is 2.99. The smallest absolute Gasteiger partial charge is 0.170 e. The van der Waals surface area contributed by atoms with E-state index in [0.29, 0.717) is 45.6 Å². The molecule has 2 aliphatic carbocycles. The molecule has 2 saturated carbocycles. The number of aromatic nitrogens is 6. The predicted molar refractivity (Wildman–Crippen MR) is 177 cm³/mol. The average Bonchev–Trinajstić information content (AvgIpc) is 3.95. The number of anilines is 6. The highest BCUT2D eigenvalue weighted by Gasteiger charge is 2.24. The van der Waals surface area contributed by atoms with Gasteiger partial charge in [0.25, 0.3) is 0 Å². The molecule has 234 valence electrons. The Balaban J connectivity index is 0.000000147. The predicted octanol–water partition coefficient (Wildman–Crippen LogP) is 6.62. The molecule has 0 aliphatic heterocycles. The molecule has 0 unspecified atom stereocenters. The molecule has 4 aromatic heterocycles. The van der Waals surface area contributed by atoms with Crippen molar-refractivity contribution in [2.45, 2.75) is 37.8 Å². The number of nitrogens with one attached hydrogen (secondary N) is 4. The van der Waals surface area contributed by atoms with Gasteiger partial charge in [-0.3, -0.25) is 4.79 Å². The molecule has 0 bridgehead atoms. The zero-order valence-electron chi connectivity index (χ0n) is 24.2. The Morgan fingerprint density at radius 3 is 1.85 bits per heavy atom. The standard InChI is InChI=1S/C16H14ClN5O2.C15H14ClN5O/c17-12-5-11(3-4-13(12)24)19-14-6-15(20-10-1-2-10)22-16(21-14)9(8-23)7-18-22;16-11-7-10(3-4-12(11)22)18-13-8-15(19-9-1-2-9)21-14(20-13)5-6-17-21/h3-8,10,20,24H,1-2H2,(H,19,21);3-9,19,22H,1-2H2,(H,18,20). The quantitative estimate of drug-likeness (QED) is 0.0729. The minimum Gasteiger partial charge on any atom is -0.506 e. The van der Waals surface area contributed by atoms with Gasteiger partial charge >= 0.3 is 0 Å². The van der Waals surface area contributed by atoms with E-state index < -0.39 is 0 Å². The Bertz CT molecular complexity index is 2070. The molecule has 8 rings (SSSR count). The summed E-state index contributed by atoms with van der Waals surface area (Å²) in [5.41, 5.74) is 3.10. The SMILES string of the molecule is O=Cc1cnn2c(NC3CC3)cc(Nc3ccc(O)c(Cl)c3)nc12.Oc1ccc(Nc2cc(NC3CC3)n3nccc3n2)cc1Cl. The molecule has 0 saturated heterocycles. The van der Waals surface area contributed by atoms with Crippen molar-refractivity contribution < 1.29 is 15.0 Å². The topological polar surface area (TPSA) is 166 Å². The number of fused-ring (bicyclic) bond motifs is 2. The molecule has 0 spiro atoms. The summed E-state index contributed by atoms with van der Waals surface area (Å²) in [6.07, 6.45) is 8.54. The second kappa shape index (κ2) is 12.3. The Hall–Kier alpha value is -5.27. The van der Waals surface area contributed by atoms with Gasteiger partial charge < -0.3 is 31.5 Å². The highest BCUT2D eigenvalue weighted by molar-refractivity contribution is 6.32. The first-order valence-electron chi connectivity index (χ1n) is 14.6. The molecule has 46 heavy (non-hydrogen) atoms. The Morgan fingerprint density at radius 2 is 1.30 bits per heavy atom. The van der Waals surface area contributed by atoms with E-state index in [9.17, 15) is 15.0 Å². The van der Waals surface area contributed by atoms with Gasteiger partial charge in [-0.25, -0.2) is 9.97 Å². The maximum Gasteiger partial charge on any atom is 0.170 e. The molecular formula is C31H28Cl2N10O3. The number of benzene rings is 2. The number of halogens is 2. The van der Waals surface area contributed by atoms with Crippen LogP contribution in [0.1, 0.15) is 36.0 Å². The molecule has 0 atom stereocenters. The van der Waals surface area contributed by atoms with Crippen LogP contribution >= 0.6 is 23.2 Å². The third-order valence-electron chi connectivity index (χ3n) is 7.28. The van der Waals surface area contributed by atoms with Crippen molar-refractivity contribution in [1.82, 2.24) is 29.2 Å². The van der Waals surface area contributed by atoms with Crippen LogP contribution < -0.4 is 21.3 Å². The van der Waals surface area contributed by atoms with Gasteiger partial charge in [-0.15, -0.1) is 0 Å². The third-order valence-corrected chi connectivity index (χ3v) is 7.89. The van der Waals surface area contributed by atoms with E-state index >= 15 is 0 Å². The summed E-state index contributed by atoms with van der Waals surface area (Å²) in [5, 5.41) is 41.2. The molecule has 6 N–H and O–H groups in total. The lowest BCUT2D eigenvalue weighted by Gasteiger charge is -2.12. The van der Waals surface area contributed by atoms with Crippen molar-refractivity contribution in [1.29, 1.82) is 0 Å². The molecule has 2 aromatic carbocycles. The molecule has 2 aliphatic rings. The van der Waals surface area contributed by atoms with Crippen LogP contribution in [0.4, 0.5) is 34.6 Å². The fraction of sp³-hybridized carbons (Fsp3) is 0.194. The number of hydrogen-bond donors (Lipinski definition) is 6. The first kappa shape index (κ1) is 29.4. The van der Waals surface area contributed by atoms with E-state index in [-0.39, 0.29) is 16.5 Å². The van der Waals surface area contributed by atoms with Gasteiger partial charge in [-0.2, -0.15) is 19.2 Å². The molecule has 2 fully saturated rings. The number of carbonyl (C=O) groups excluding carboxylic acids is 1. The summed E-state index contributed by atoms with van der Waals surface area (Å²) in [7, 11) is 0. The van der Waals surface area contributed by atoms with Crippen molar-refractivity contribution in [2.24, 2.45) is 0 Å². The maximum absolute atomic E-state index is 11.2. The van der Waals surface area contributed by atoms with E-state index in [1.807, 2.05) is 18.2 Å². The minimum atomic E-state index is 0.0146. The minimum absolute atomic E-state index is 0.0146. The Kier molecular flexibility index (Phi) is 7.84. The molecular weight excluding hydrogens is 631 g/mol. The van der Waals surface area contributed by atoms with Gasteiger partial charge in [0.05, 0.1) is 28.0 Å². The van der Waals surface area contributed by atoms with Crippen molar-refractivity contribution in [3.63, 3.8) is 0 Å². The lowest BCUT2D eigenvalue weighted by atomic mass is 10.3. The van der Waals surface area contributed by atoms with Crippen LogP contribution in [0.2, 0.25) is 10.0 Å². The van der Waals surface area contributed by atoms with Gasteiger partial charge in [-0.1, -0.05) is 23.2 Å². The number of nitrogens with zero attached hydrogens (tertiary/aromatic N) is 6. The van der Waals surface area contributed by atoms with Gasteiger partial charge in [-0.05, 0) is 62.1 Å². The number of phenols is 2. The Labute approximate surface area is 272 Å². The second-order valence-corrected chi connectivity index (χ2v) is 11.8. The summed E-state index contributed by atoms with van der Waals surface area (Å²) in [6, 6.07) is 16.3. The molecule has 15 heteroatoms. The van der Waals surface area contributed by atoms with Crippen LogP contribution in [-0.4, -0.2) is 57.8 Å². The number of aromatic hydroxyl groups is 2. The maximum atomic E-state index is 11.2. The van der Waals surface area contributed by atoms with Crippen LogP contribution in [0, 0.1) is 0 Å². The third kappa shape index (κ3) is 6.55.